The molecule has 0 radical (unpaired) electrons. The van der Waals surface area contributed by atoms with Gasteiger partial charge in [0, 0.05) is 12.6 Å². The van der Waals surface area contributed by atoms with E-state index in [2.05, 4.69) is 10.6 Å². The molecule has 1 fully saturated rings. The standard InChI is InChI=1S/C25H39N3O4/c1-7-28(21(29)16-26-24(31)32-25(4,5)6)22(20-14-13-17(2)15-18(20)3)23(30)27-19-11-9-8-10-12-19/h13-15,19,22H,7-12,16H2,1-6H3,(H,26,31)(H,27,30). The fraction of sp³-hybridized carbons (Fsp3) is 0.640. The molecule has 1 atom stereocenters. The van der Waals surface area contributed by atoms with Crippen LogP contribution in [-0.4, -0.2) is 47.5 Å². The van der Waals surface area contributed by atoms with Crippen molar-refractivity contribution in [3.8, 4) is 0 Å². The molecule has 0 saturated heterocycles. The molecular weight excluding hydrogens is 406 g/mol. The fourth-order valence-electron chi connectivity index (χ4n) is 4.18. The molecular formula is C25H39N3O4. The van der Waals surface area contributed by atoms with Gasteiger partial charge in [0.2, 0.25) is 11.8 Å². The van der Waals surface area contributed by atoms with Crippen LogP contribution >= 0.6 is 0 Å². The molecule has 32 heavy (non-hydrogen) atoms. The van der Waals surface area contributed by atoms with E-state index in [9.17, 15) is 14.4 Å². The first-order valence-electron chi connectivity index (χ1n) is 11.7. The van der Waals surface area contributed by atoms with Gasteiger partial charge in [-0.15, -0.1) is 0 Å². The van der Waals surface area contributed by atoms with Crippen molar-refractivity contribution in [2.75, 3.05) is 13.1 Å². The van der Waals surface area contributed by atoms with Crippen LogP contribution in [0.2, 0.25) is 0 Å². The SMILES string of the molecule is CCN(C(=O)CNC(=O)OC(C)(C)C)C(C(=O)NC1CCCCC1)c1ccc(C)cc1C. The maximum absolute atomic E-state index is 13.5. The van der Waals surface area contributed by atoms with Crippen molar-refractivity contribution in [1.29, 1.82) is 0 Å². The first-order chi connectivity index (χ1) is 15.0. The molecule has 1 aliphatic rings. The Morgan fingerprint density at radius 2 is 1.78 bits per heavy atom. The zero-order valence-electron chi connectivity index (χ0n) is 20.4. The Labute approximate surface area is 192 Å². The summed E-state index contributed by atoms with van der Waals surface area (Å²) in [5, 5.41) is 5.70. The quantitative estimate of drug-likeness (QED) is 0.659. The van der Waals surface area contributed by atoms with Crippen molar-refractivity contribution < 1.29 is 19.1 Å². The molecule has 0 bridgehead atoms. The van der Waals surface area contributed by atoms with E-state index in [0.29, 0.717) is 6.54 Å². The number of carbonyl (C=O) groups excluding carboxylic acids is 3. The summed E-state index contributed by atoms with van der Waals surface area (Å²) in [5.41, 5.74) is 2.20. The van der Waals surface area contributed by atoms with E-state index in [1.807, 2.05) is 39.0 Å². The number of amides is 3. The molecule has 0 spiro atoms. The highest BCUT2D eigenvalue weighted by Crippen LogP contribution is 2.27. The summed E-state index contributed by atoms with van der Waals surface area (Å²) >= 11 is 0. The summed E-state index contributed by atoms with van der Waals surface area (Å²) in [6.45, 7) is 11.2. The molecule has 178 valence electrons. The van der Waals surface area contributed by atoms with Gasteiger partial charge < -0.3 is 20.3 Å². The summed E-state index contributed by atoms with van der Waals surface area (Å²) in [7, 11) is 0. The number of carbonyl (C=O) groups is 3. The number of likely N-dealkylation sites (N-methyl/N-ethyl adjacent to an activating group) is 1. The Bertz CT molecular complexity index is 810. The summed E-state index contributed by atoms with van der Waals surface area (Å²) in [4.78, 5) is 40.1. The van der Waals surface area contributed by atoms with Crippen LogP contribution in [0.3, 0.4) is 0 Å². The minimum atomic E-state index is -0.754. The molecule has 1 aliphatic carbocycles. The monoisotopic (exact) mass is 445 g/mol. The van der Waals surface area contributed by atoms with Gasteiger partial charge in [0.05, 0.1) is 0 Å². The number of hydrogen-bond donors (Lipinski definition) is 2. The predicted molar refractivity (Wildman–Crippen MR) is 125 cm³/mol. The van der Waals surface area contributed by atoms with E-state index in [-0.39, 0.29) is 24.4 Å². The van der Waals surface area contributed by atoms with Crippen LogP contribution < -0.4 is 10.6 Å². The van der Waals surface area contributed by atoms with Gasteiger partial charge in [-0.1, -0.05) is 43.0 Å². The molecule has 1 saturated carbocycles. The molecule has 0 aliphatic heterocycles. The second-order valence-electron chi connectivity index (χ2n) is 9.64. The molecule has 1 aromatic rings. The Morgan fingerprint density at radius 3 is 2.34 bits per heavy atom. The number of alkyl carbamates (subject to hydrolysis) is 1. The number of nitrogens with zero attached hydrogens (tertiary/aromatic N) is 1. The third kappa shape index (κ3) is 7.53. The molecule has 0 heterocycles. The molecule has 7 heteroatoms. The van der Waals surface area contributed by atoms with Crippen LogP contribution in [0, 0.1) is 13.8 Å². The van der Waals surface area contributed by atoms with Crippen LogP contribution in [0.4, 0.5) is 4.79 Å². The van der Waals surface area contributed by atoms with Crippen LogP contribution in [0.15, 0.2) is 18.2 Å². The van der Waals surface area contributed by atoms with E-state index < -0.39 is 17.7 Å². The van der Waals surface area contributed by atoms with Crippen LogP contribution in [0.5, 0.6) is 0 Å². The molecule has 2 N–H and O–H groups in total. The second-order valence-corrected chi connectivity index (χ2v) is 9.64. The molecule has 0 aromatic heterocycles. The zero-order valence-corrected chi connectivity index (χ0v) is 20.4. The Balaban J connectivity index is 2.23. The number of benzene rings is 1. The predicted octanol–water partition coefficient (Wildman–Crippen LogP) is 4.17. The van der Waals surface area contributed by atoms with Gasteiger partial charge >= 0.3 is 6.09 Å². The lowest BCUT2D eigenvalue weighted by atomic mass is 9.93. The highest BCUT2D eigenvalue weighted by atomic mass is 16.6. The van der Waals surface area contributed by atoms with Crippen molar-refractivity contribution in [3.63, 3.8) is 0 Å². The van der Waals surface area contributed by atoms with E-state index in [1.165, 1.54) is 11.3 Å². The van der Waals surface area contributed by atoms with Gasteiger partial charge in [0.25, 0.3) is 0 Å². The van der Waals surface area contributed by atoms with E-state index in [1.54, 1.807) is 20.8 Å². The topological polar surface area (TPSA) is 87.7 Å². The van der Waals surface area contributed by atoms with Crippen molar-refractivity contribution in [3.05, 3.63) is 34.9 Å². The lowest BCUT2D eigenvalue weighted by Crippen LogP contribution is -2.49. The van der Waals surface area contributed by atoms with Crippen LogP contribution in [-0.2, 0) is 14.3 Å². The average molecular weight is 446 g/mol. The molecule has 1 aromatic carbocycles. The molecule has 3 amide bonds. The van der Waals surface area contributed by atoms with Gasteiger partial charge in [-0.05, 0) is 65.5 Å². The molecule has 7 nitrogen and oxygen atoms in total. The maximum atomic E-state index is 13.5. The first-order valence-corrected chi connectivity index (χ1v) is 11.7. The van der Waals surface area contributed by atoms with Gasteiger partial charge in [-0.2, -0.15) is 0 Å². The smallest absolute Gasteiger partial charge is 0.408 e. The number of hydrogen-bond acceptors (Lipinski definition) is 4. The van der Waals surface area contributed by atoms with Gasteiger partial charge in [0.15, 0.2) is 0 Å². The number of ether oxygens (including phenoxy) is 1. The normalized spacial score (nSPS) is 15.6. The van der Waals surface area contributed by atoms with Crippen LogP contribution in [0.1, 0.15) is 82.5 Å². The van der Waals surface area contributed by atoms with Gasteiger partial charge in [-0.3, -0.25) is 9.59 Å². The highest BCUT2D eigenvalue weighted by Gasteiger charge is 2.33. The fourth-order valence-corrected chi connectivity index (χ4v) is 4.18. The first kappa shape index (κ1) is 25.7. The second kappa shape index (κ2) is 11.3. The van der Waals surface area contributed by atoms with Crippen molar-refractivity contribution in [2.45, 2.75) is 91.3 Å². The zero-order chi connectivity index (χ0) is 23.9. The third-order valence-electron chi connectivity index (χ3n) is 5.68. The van der Waals surface area contributed by atoms with Crippen molar-refractivity contribution in [2.24, 2.45) is 0 Å². The minimum Gasteiger partial charge on any atom is -0.444 e. The number of aryl methyl sites for hydroxylation is 2. The minimum absolute atomic E-state index is 0.137. The van der Waals surface area contributed by atoms with E-state index >= 15 is 0 Å². The van der Waals surface area contributed by atoms with Crippen LogP contribution in [0.25, 0.3) is 0 Å². The Morgan fingerprint density at radius 1 is 1.12 bits per heavy atom. The largest absolute Gasteiger partial charge is 0.444 e. The molecule has 2 rings (SSSR count). The van der Waals surface area contributed by atoms with E-state index in [4.69, 9.17) is 4.74 Å². The van der Waals surface area contributed by atoms with Crippen molar-refractivity contribution >= 4 is 17.9 Å². The average Bonchev–Trinajstić information content (AvgIpc) is 2.70. The van der Waals surface area contributed by atoms with E-state index in [0.717, 1.165) is 42.4 Å². The lowest BCUT2D eigenvalue weighted by molar-refractivity contribution is -0.140. The third-order valence-corrected chi connectivity index (χ3v) is 5.68. The Hall–Kier alpha value is -2.57. The maximum Gasteiger partial charge on any atom is 0.408 e. The van der Waals surface area contributed by atoms with Gasteiger partial charge in [0.1, 0.15) is 18.2 Å². The van der Waals surface area contributed by atoms with Gasteiger partial charge in [-0.25, -0.2) is 4.79 Å². The summed E-state index contributed by atoms with van der Waals surface area (Å²) in [6, 6.07) is 5.29. The summed E-state index contributed by atoms with van der Waals surface area (Å²) < 4.78 is 5.23. The number of rotatable bonds is 7. The number of nitrogens with one attached hydrogen (secondary N) is 2. The highest BCUT2D eigenvalue weighted by molar-refractivity contribution is 5.90. The molecule has 1 unspecified atom stereocenters. The Kier molecular flexibility index (Phi) is 9.10. The summed E-state index contributed by atoms with van der Waals surface area (Å²) in [5.74, 6) is -0.501. The summed E-state index contributed by atoms with van der Waals surface area (Å²) in [6.07, 6.45) is 4.68. The lowest BCUT2D eigenvalue weighted by Gasteiger charge is -2.33. The van der Waals surface area contributed by atoms with Crippen molar-refractivity contribution in [1.82, 2.24) is 15.5 Å².